The van der Waals surface area contributed by atoms with E-state index in [1.807, 2.05) is 66.2 Å². The molecule has 0 atom stereocenters. The second-order valence-corrected chi connectivity index (χ2v) is 7.42. The Balaban J connectivity index is 1.93. The van der Waals surface area contributed by atoms with Gasteiger partial charge < -0.3 is 9.84 Å². The second-order valence-electron chi connectivity index (χ2n) is 5.78. The minimum absolute atomic E-state index is 0.249. The van der Waals surface area contributed by atoms with Gasteiger partial charge in [0.2, 0.25) is 0 Å². The van der Waals surface area contributed by atoms with Crippen LogP contribution < -0.4 is 4.74 Å². The summed E-state index contributed by atoms with van der Waals surface area (Å²) in [7, 11) is 0. The molecule has 0 aliphatic carbocycles. The van der Waals surface area contributed by atoms with E-state index in [0.29, 0.717) is 17.9 Å². The van der Waals surface area contributed by atoms with Crippen LogP contribution >= 0.6 is 27.3 Å². The van der Waals surface area contributed by atoms with Gasteiger partial charge in [-0.1, -0.05) is 40.2 Å². The maximum atomic E-state index is 11.8. The van der Waals surface area contributed by atoms with Crippen LogP contribution in [0, 0.1) is 6.92 Å². The first kappa shape index (κ1) is 18.4. The van der Waals surface area contributed by atoms with Crippen LogP contribution in [-0.4, -0.2) is 11.1 Å². The minimum Gasteiger partial charge on any atom is -0.489 e. The average molecular weight is 429 g/mol. The molecule has 0 fully saturated rings. The molecule has 5 heteroatoms. The molecule has 0 radical (unpaired) electrons. The van der Waals surface area contributed by atoms with E-state index < -0.39 is 5.97 Å². The summed E-state index contributed by atoms with van der Waals surface area (Å²) in [6.45, 7) is 2.39. The molecule has 2 aromatic carbocycles. The molecule has 0 unspecified atom stereocenters. The van der Waals surface area contributed by atoms with E-state index in [9.17, 15) is 9.90 Å². The topological polar surface area (TPSA) is 46.5 Å². The van der Waals surface area contributed by atoms with Crippen molar-refractivity contribution in [3.63, 3.8) is 0 Å². The van der Waals surface area contributed by atoms with Gasteiger partial charge >= 0.3 is 5.97 Å². The monoisotopic (exact) mass is 428 g/mol. The number of hydrogen-bond acceptors (Lipinski definition) is 3. The average Bonchev–Trinajstić information content (AvgIpc) is 3.14. The Morgan fingerprint density at radius 3 is 2.73 bits per heavy atom. The van der Waals surface area contributed by atoms with Gasteiger partial charge in [0.1, 0.15) is 12.4 Å². The molecule has 0 aliphatic heterocycles. The number of thiophene rings is 1. The summed E-state index contributed by atoms with van der Waals surface area (Å²) in [4.78, 5) is 11.8. The van der Waals surface area contributed by atoms with Crippen molar-refractivity contribution in [2.24, 2.45) is 0 Å². The third-order valence-corrected chi connectivity index (χ3v) is 5.37. The van der Waals surface area contributed by atoms with Crippen molar-refractivity contribution >= 4 is 44.9 Å². The molecule has 0 amide bonds. The van der Waals surface area contributed by atoms with Crippen molar-refractivity contribution < 1.29 is 14.6 Å². The first-order valence-electron chi connectivity index (χ1n) is 7.99. The molecule has 3 rings (SSSR count). The predicted octanol–water partition coefficient (Wildman–Crippen LogP) is 6.02. The molecule has 0 spiro atoms. The number of carboxylic acids is 1. The Bertz CT molecular complexity index is 946. The first-order valence-corrected chi connectivity index (χ1v) is 9.72. The lowest BCUT2D eigenvalue weighted by atomic mass is 9.98. The van der Waals surface area contributed by atoms with E-state index >= 15 is 0 Å². The largest absolute Gasteiger partial charge is 0.489 e. The van der Waals surface area contributed by atoms with Crippen LogP contribution in [-0.2, 0) is 11.4 Å². The Morgan fingerprint density at radius 2 is 2.04 bits per heavy atom. The summed E-state index contributed by atoms with van der Waals surface area (Å²) < 4.78 is 6.64. The molecular weight excluding hydrogens is 412 g/mol. The van der Waals surface area contributed by atoms with Gasteiger partial charge in [0.05, 0.1) is 5.57 Å². The first-order chi connectivity index (χ1) is 12.5. The zero-order valence-electron chi connectivity index (χ0n) is 14.1. The van der Waals surface area contributed by atoms with E-state index in [2.05, 4.69) is 15.9 Å². The number of ether oxygens (including phenoxy) is 1. The summed E-state index contributed by atoms with van der Waals surface area (Å²) in [5, 5.41) is 13.7. The Labute approximate surface area is 164 Å². The number of carboxylic acid groups (broad SMARTS) is 1. The molecule has 0 saturated heterocycles. The highest BCUT2D eigenvalue weighted by molar-refractivity contribution is 9.10. The van der Waals surface area contributed by atoms with Gasteiger partial charge in [-0.25, -0.2) is 4.79 Å². The van der Waals surface area contributed by atoms with Gasteiger partial charge in [-0.3, -0.25) is 0 Å². The molecule has 3 aromatic rings. The molecule has 0 bridgehead atoms. The zero-order valence-corrected chi connectivity index (χ0v) is 16.5. The molecule has 1 heterocycles. The fourth-order valence-corrected chi connectivity index (χ4v) is 3.56. The second kappa shape index (κ2) is 8.34. The summed E-state index contributed by atoms with van der Waals surface area (Å²) in [5.41, 5.74) is 3.74. The molecule has 3 nitrogen and oxygen atoms in total. The van der Waals surface area contributed by atoms with Crippen LogP contribution in [0.15, 0.2) is 63.8 Å². The molecule has 0 aliphatic rings. The third kappa shape index (κ3) is 4.42. The molecule has 26 heavy (non-hydrogen) atoms. The number of benzene rings is 2. The van der Waals surface area contributed by atoms with Gasteiger partial charge in [0.15, 0.2) is 0 Å². The highest BCUT2D eigenvalue weighted by Gasteiger charge is 2.14. The van der Waals surface area contributed by atoms with E-state index in [0.717, 1.165) is 21.2 Å². The van der Waals surface area contributed by atoms with Crippen LogP contribution in [0.4, 0.5) is 0 Å². The number of aliphatic carboxylic acids is 1. The van der Waals surface area contributed by atoms with Crippen LogP contribution in [0.5, 0.6) is 5.75 Å². The van der Waals surface area contributed by atoms with Gasteiger partial charge in [-0.2, -0.15) is 11.3 Å². The zero-order chi connectivity index (χ0) is 18.5. The highest BCUT2D eigenvalue weighted by atomic mass is 79.9. The summed E-state index contributed by atoms with van der Waals surface area (Å²) in [6.07, 6.45) is 1.67. The Morgan fingerprint density at radius 1 is 1.23 bits per heavy atom. The minimum atomic E-state index is -0.962. The lowest BCUT2D eigenvalue weighted by molar-refractivity contribution is -0.130. The van der Waals surface area contributed by atoms with E-state index in [1.165, 1.54) is 0 Å². The van der Waals surface area contributed by atoms with Crippen molar-refractivity contribution in [3.05, 3.63) is 86.0 Å². The summed E-state index contributed by atoms with van der Waals surface area (Å²) in [5.74, 6) is -0.268. The Kier molecular flexibility index (Phi) is 5.91. The van der Waals surface area contributed by atoms with E-state index in [-0.39, 0.29) is 5.57 Å². The van der Waals surface area contributed by atoms with E-state index in [1.54, 1.807) is 17.4 Å². The highest BCUT2D eigenvalue weighted by Crippen LogP contribution is 2.29. The number of rotatable bonds is 6. The lowest BCUT2D eigenvalue weighted by Gasteiger charge is -2.10. The molecule has 1 N–H and O–H groups in total. The molecular formula is C21H17BrO3S. The van der Waals surface area contributed by atoms with Crippen molar-refractivity contribution in [1.29, 1.82) is 0 Å². The van der Waals surface area contributed by atoms with Crippen molar-refractivity contribution in [3.8, 4) is 5.75 Å². The number of hydrogen-bond donors (Lipinski definition) is 1. The summed E-state index contributed by atoms with van der Waals surface area (Å²) >= 11 is 5.13. The van der Waals surface area contributed by atoms with Gasteiger partial charge in [-0.05, 0) is 70.3 Å². The fourth-order valence-electron chi connectivity index (χ4n) is 2.55. The normalized spacial score (nSPS) is 11.4. The smallest absolute Gasteiger partial charge is 0.336 e. The van der Waals surface area contributed by atoms with Crippen molar-refractivity contribution in [1.82, 2.24) is 0 Å². The third-order valence-electron chi connectivity index (χ3n) is 3.92. The Hall–Kier alpha value is -2.37. The number of carbonyl (C=O) groups is 1. The quantitative estimate of drug-likeness (QED) is 0.385. The van der Waals surface area contributed by atoms with Gasteiger partial charge in [-0.15, -0.1) is 0 Å². The fraction of sp³-hybridized carbons (Fsp3) is 0.0952. The standard InChI is InChI=1S/C21H17BrO3S/c1-14-4-2-3-5-18(14)19(21(23)24)11-16-10-17(6-7-20(16)22)25-12-15-8-9-26-13-15/h2-11,13H,12H2,1H3,(H,23,24)/b19-11+. The maximum absolute atomic E-state index is 11.8. The predicted molar refractivity (Wildman–Crippen MR) is 109 cm³/mol. The lowest BCUT2D eigenvalue weighted by Crippen LogP contribution is -2.01. The number of aryl methyl sites for hydroxylation is 1. The van der Waals surface area contributed by atoms with Crippen molar-refractivity contribution in [2.75, 3.05) is 0 Å². The molecule has 132 valence electrons. The van der Waals surface area contributed by atoms with Crippen LogP contribution in [0.3, 0.4) is 0 Å². The van der Waals surface area contributed by atoms with Crippen molar-refractivity contribution in [2.45, 2.75) is 13.5 Å². The molecule has 0 saturated carbocycles. The van der Waals surface area contributed by atoms with Crippen LogP contribution in [0.25, 0.3) is 11.6 Å². The van der Waals surface area contributed by atoms with Gasteiger partial charge in [0, 0.05) is 4.47 Å². The van der Waals surface area contributed by atoms with Gasteiger partial charge in [0.25, 0.3) is 0 Å². The molecule has 1 aromatic heterocycles. The van der Waals surface area contributed by atoms with Crippen LogP contribution in [0.1, 0.15) is 22.3 Å². The van der Waals surface area contributed by atoms with E-state index in [4.69, 9.17) is 4.74 Å². The number of halogens is 1. The SMILES string of the molecule is Cc1ccccc1/C(=C\c1cc(OCc2ccsc2)ccc1Br)C(=O)O. The summed E-state index contributed by atoms with van der Waals surface area (Å²) in [6, 6.07) is 15.1. The maximum Gasteiger partial charge on any atom is 0.336 e. The van der Waals surface area contributed by atoms with Crippen LogP contribution in [0.2, 0.25) is 0 Å².